The molecule has 0 unspecified atom stereocenters. The standard InChI is InChI=1S/C29H58NO8P.2Na/c1-2-3-4-5-6-7-10-13-16-19-22-29(32)38-28(26-37-39(33,34)35)25-30-23-20-17-14-11-8-9-12-15-18-21-24-36-27-31;;/h27-28,30H,2-26H2,1H3,(H2,33,34,35);;/q;2*+1/p-2/t28-;;/m0../s1. The molecule has 0 aliphatic carbocycles. The van der Waals surface area contributed by atoms with Gasteiger partial charge < -0.3 is 33.7 Å². The van der Waals surface area contributed by atoms with E-state index < -0.39 is 20.5 Å². The van der Waals surface area contributed by atoms with E-state index in [0.29, 0.717) is 13.1 Å². The van der Waals surface area contributed by atoms with Crippen LogP contribution in [-0.4, -0.2) is 44.8 Å². The molecule has 0 radical (unpaired) electrons. The maximum absolute atomic E-state index is 12.2. The summed E-state index contributed by atoms with van der Waals surface area (Å²) in [6.07, 6.45) is 22.5. The van der Waals surface area contributed by atoms with Gasteiger partial charge in [0.1, 0.15) is 6.10 Å². The third-order valence-electron chi connectivity index (χ3n) is 6.76. The fourth-order valence-corrected chi connectivity index (χ4v) is 4.82. The van der Waals surface area contributed by atoms with Crippen molar-refractivity contribution >= 4 is 20.3 Å². The maximum Gasteiger partial charge on any atom is 1.00 e. The maximum atomic E-state index is 12.2. The first-order valence-electron chi connectivity index (χ1n) is 15.5. The second kappa shape index (κ2) is 35.5. The molecule has 0 aliphatic heterocycles. The zero-order valence-electron chi connectivity index (χ0n) is 26.5. The first-order chi connectivity index (χ1) is 18.9. The Morgan fingerprint density at radius 1 is 0.756 bits per heavy atom. The van der Waals surface area contributed by atoms with E-state index in [1.807, 2.05) is 0 Å². The Morgan fingerprint density at radius 3 is 1.71 bits per heavy atom. The molecule has 1 N–H and O–H groups in total. The molecule has 1 atom stereocenters. The molecule has 12 heteroatoms. The molecule has 0 fully saturated rings. The fourth-order valence-electron chi connectivity index (χ4n) is 4.47. The van der Waals surface area contributed by atoms with E-state index in [0.717, 1.165) is 57.9 Å². The molecular weight excluding hydrogens is 567 g/mol. The number of unbranched alkanes of at least 4 members (excludes halogenated alkanes) is 18. The molecule has 0 aromatic carbocycles. The Morgan fingerprint density at radius 2 is 1.22 bits per heavy atom. The van der Waals surface area contributed by atoms with E-state index in [-0.39, 0.29) is 78.0 Å². The number of phosphoric acid groups is 1. The quantitative estimate of drug-likeness (QED) is 0.0364. The van der Waals surface area contributed by atoms with E-state index >= 15 is 0 Å². The summed E-state index contributed by atoms with van der Waals surface area (Å²) in [6, 6.07) is 0. The van der Waals surface area contributed by atoms with E-state index in [4.69, 9.17) is 4.74 Å². The van der Waals surface area contributed by atoms with Gasteiger partial charge in [-0.15, -0.1) is 0 Å². The molecule has 0 aliphatic rings. The van der Waals surface area contributed by atoms with E-state index in [1.165, 1.54) is 77.0 Å². The second-order valence-electron chi connectivity index (χ2n) is 10.5. The molecular formula is C29H56NNa2O8P. The Bertz CT molecular complexity index is 613. The van der Waals surface area contributed by atoms with Crippen molar-refractivity contribution in [3.05, 3.63) is 0 Å². The van der Waals surface area contributed by atoms with Gasteiger partial charge in [0, 0.05) is 13.0 Å². The van der Waals surface area contributed by atoms with Gasteiger partial charge in [0.05, 0.1) is 21.0 Å². The van der Waals surface area contributed by atoms with Gasteiger partial charge in [-0.2, -0.15) is 0 Å². The van der Waals surface area contributed by atoms with E-state index in [9.17, 15) is 23.9 Å². The van der Waals surface area contributed by atoms with Crippen LogP contribution in [0, 0.1) is 0 Å². The number of phosphoric ester groups is 1. The van der Waals surface area contributed by atoms with Crippen molar-refractivity contribution < 1.29 is 97.1 Å². The van der Waals surface area contributed by atoms with Crippen LogP contribution in [0.3, 0.4) is 0 Å². The minimum Gasteiger partial charge on any atom is -0.790 e. The smallest absolute Gasteiger partial charge is 0.790 e. The number of hydrogen-bond donors (Lipinski definition) is 1. The zero-order chi connectivity index (χ0) is 28.9. The average molecular weight is 624 g/mol. The summed E-state index contributed by atoms with van der Waals surface area (Å²) in [4.78, 5) is 44.0. The predicted molar refractivity (Wildman–Crippen MR) is 151 cm³/mol. The summed E-state index contributed by atoms with van der Waals surface area (Å²) >= 11 is 0. The van der Waals surface area contributed by atoms with Crippen LogP contribution in [-0.2, 0) is 28.2 Å². The summed E-state index contributed by atoms with van der Waals surface area (Å²) in [7, 11) is -5.12. The van der Waals surface area contributed by atoms with Crippen LogP contribution in [0.1, 0.15) is 142 Å². The topological polar surface area (TPSA) is 137 Å². The average Bonchev–Trinajstić information content (AvgIpc) is 2.90. The monoisotopic (exact) mass is 623 g/mol. The Balaban J connectivity index is -0.00000722. The zero-order valence-corrected chi connectivity index (χ0v) is 31.4. The van der Waals surface area contributed by atoms with Gasteiger partial charge in [0.15, 0.2) is 0 Å². The molecule has 232 valence electrons. The van der Waals surface area contributed by atoms with E-state index in [1.54, 1.807) is 0 Å². The van der Waals surface area contributed by atoms with Crippen LogP contribution in [0.2, 0.25) is 0 Å². The summed E-state index contributed by atoms with van der Waals surface area (Å²) in [6.45, 7) is 3.76. The number of hydrogen-bond acceptors (Lipinski definition) is 9. The molecule has 9 nitrogen and oxygen atoms in total. The molecule has 0 aromatic rings. The van der Waals surface area contributed by atoms with Crippen LogP contribution in [0.5, 0.6) is 0 Å². The van der Waals surface area contributed by atoms with Crippen molar-refractivity contribution in [1.82, 2.24) is 5.32 Å². The van der Waals surface area contributed by atoms with Gasteiger partial charge in [-0.05, 0) is 25.8 Å². The Hall–Kier alpha value is 1.01. The Kier molecular flexibility index (Phi) is 40.2. The second-order valence-corrected chi connectivity index (χ2v) is 11.6. The van der Waals surface area contributed by atoms with Crippen LogP contribution in [0.25, 0.3) is 0 Å². The number of ether oxygens (including phenoxy) is 2. The van der Waals surface area contributed by atoms with Crippen molar-refractivity contribution in [2.45, 2.75) is 148 Å². The SMILES string of the molecule is CCCCCCCCCCCCC(=O)O[C@@H](CNCCCCCCCCCCCCOC=O)COP(=O)([O-])[O-].[Na+].[Na+]. The van der Waals surface area contributed by atoms with E-state index in [2.05, 4.69) is 21.5 Å². The first-order valence-corrected chi connectivity index (χ1v) is 17.0. The number of carbonyl (C=O) groups excluding carboxylic acids is 2. The Labute approximate surface area is 294 Å². The summed E-state index contributed by atoms with van der Waals surface area (Å²) in [5.41, 5.74) is 0. The minimum atomic E-state index is -5.12. The van der Waals surface area contributed by atoms with Crippen molar-refractivity contribution in [3.8, 4) is 0 Å². The van der Waals surface area contributed by atoms with Gasteiger partial charge in [0.25, 0.3) is 6.47 Å². The molecule has 0 heterocycles. The van der Waals surface area contributed by atoms with Crippen LogP contribution < -0.4 is 74.2 Å². The fraction of sp³-hybridized carbons (Fsp3) is 0.931. The van der Waals surface area contributed by atoms with Gasteiger partial charge in [-0.25, -0.2) is 0 Å². The number of carbonyl (C=O) groups is 2. The summed E-state index contributed by atoms with van der Waals surface area (Å²) < 4.78 is 25.3. The van der Waals surface area contributed by atoms with Crippen LogP contribution >= 0.6 is 7.82 Å². The summed E-state index contributed by atoms with van der Waals surface area (Å²) in [5, 5.41) is 3.19. The largest absolute Gasteiger partial charge is 1.00 e. The van der Waals surface area contributed by atoms with Crippen LogP contribution in [0.4, 0.5) is 0 Å². The molecule has 0 saturated carbocycles. The summed E-state index contributed by atoms with van der Waals surface area (Å²) in [5.74, 6) is -0.383. The normalized spacial score (nSPS) is 11.8. The molecule has 0 amide bonds. The molecule has 0 spiro atoms. The number of rotatable bonds is 31. The van der Waals surface area contributed by atoms with Gasteiger partial charge in [-0.3, -0.25) is 9.59 Å². The molecule has 41 heavy (non-hydrogen) atoms. The molecule has 0 saturated heterocycles. The van der Waals surface area contributed by atoms with Gasteiger partial charge >= 0.3 is 65.1 Å². The number of esters is 1. The number of nitrogens with one attached hydrogen (secondary N) is 1. The van der Waals surface area contributed by atoms with Gasteiger partial charge in [-0.1, -0.05) is 116 Å². The molecule has 0 rings (SSSR count). The van der Waals surface area contributed by atoms with Gasteiger partial charge in [0.2, 0.25) is 0 Å². The molecule has 0 bridgehead atoms. The van der Waals surface area contributed by atoms with Crippen molar-refractivity contribution in [1.29, 1.82) is 0 Å². The van der Waals surface area contributed by atoms with Crippen molar-refractivity contribution in [3.63, 3.8) is 0 Å². The van der Waals surface area contributed by atoms with Crippen molar-refractivity contribution in [2.75, 3.05) is 26.3 Å². The molecule has 0 aromatic heterocycles. The predicted octanol–water partition coefficient (Wildman–Crippen LogP) is -0.274. The van der Waals surface area contributed by atoms with Crippen molar-refractivity contribution in [2.24, 2.45) is 0 Å². The first kappa shape index (κ1) is 46.4. The third-order valence-corrected chi connectivity index (χ3v) is 7.22. The minimum absolute atomic E-state index is 0. The van der Waals surface area contributed by atoms with Crippen LogP contribution in [0.15, 0.2) is 0 Å². The third kappa shape index (κ3) is 39.0.